The molecule has 0 fully saturated rings. The Morgan fingerprint density at radius 2 is 1.41 bits per heavy atom. The van der Waals surface area contributed by atoms with Gasteiger partial charge in [-0.25, -0.2) is 19.6 Å². The van der Waals surface area contributed by atoms with Crippen molar-refractivity contribution in [3.63, 3.8) is 0 Å². The molecule has 0 saturated heterocycles. The molecule has 9 heteroatoms. The third kappa shape index (κ3) is 15.5. The molecule has 0 aliphatic carbocycles. The van der Waals surface area contributed by atoms with Gasteiger partial charge in [0.2, 0.25) is 12.2 Å². The van der Waals surface area contributed by atoms with Gasteiger partial charge < -0.3 is 4.74 Å². The fourth-order valence-corrected chi connectivity index (χ4v) is 4.65. The largest absolute Gasteiger partial charge is 0.427 e. The summed E-state index contributed by atoms with van der Waals surface area (Å²) in [5, 5.41) is 8.29. The average molecular weight is 362 g/mol. The van der Waals surface area contributed by atoms with Gasteiger partial charge in [-0.3, -0.25) is 0 Å². The highest BCUT2D eigenvalue weighted by Gasteiger charge is 2.09. The third-order valence-electron chi connectivity index (χ3n) is 2.28. The Morgan fingerprint density at radius 1 is 0.909 bits per heavy atom. The highest BCUT2D eigenvalue weighted by Crippen LogP contribution is 2.19. The van der Waals surface area contributed by atoms with Crippen molar-refractivity contribution in [1.82, 2.24) is 0 Å². The highest BCUT2D eigenvalue weighted by molar-refractivity contribution is 8.01. The molecule has 0 spiro atoms. The molecule has 0 aromatic rings. The second kappa shape index (κ2) is 18.1. The van der Waals surface area contributed by atoms with Crippen molar-refractivity contribution >= 4 is 47.4 Å². The first kappa shape index (κ1) is 21.1. The first-order valence-electron chi connectivity index (χ1n) is 6.66. The number of rotatable bonds is 15. The van der Waals surface area contributed by atoms with E-state index >= 15 is 0 Å². The lowest BCUT2D eigenvalue weighted by atomic mass is 10.3. The molecule has 0 heterocycles. The Morgan fingerprint density at radius 3 is 1.86 bits per heavy atom. The Labute approximate surface area is 143 Å². The molecule has 0 N–H and O–H groups in total. The van der Waals surface area contributed by atoms with E-state index in [9.17, 15) is 9.59 Å². The molecule has 0 atom stereocenters. The summed E-state index contributed by atoms with van der Waals surface area (Å²) in [4.78, 5) is 27.0. The molecule has 122 valence electrons. The van der Waals surface area contributed by atoms with E-state index in [0.717, 1.165) is 34.5 Å². The smallest absolute Gasteiger partial charge is 0.286 e. The van der Waals surface area contributed by atoms with Crippen molar-refractivity contribution in [2.24, 2.45) is 15.9 Å². The van der Waals surface area contributed by atoms with Crippen molar-refractivity contribution in [2.45, 2.75) is 0 Å². The maximum Gasteiger partial charge on any atom is 0.286 e. The number of thioether (sulfide) groups is 3. The molecule has 0 radical (unpaired) electrons. The monoisotopic (exact) mass is 361 g/mol. The van der Waals surface area contributed by atoms with Crippen LogP contribution in [0.3, 0.4) is 0 Å². The minimum Gasteiger partial charge on any atom is -0.427 e. The third-order valence-corrected chi connectivity index (χ3v) is 5.80. The Kier molecular flexibility index (Phi) is 17.4. The van der Waals surface area contributed by atoms with Gasteiger partial charge in [-0.2, -0.15) is 40.5 Å². The molecular formula is C13H19N3O3S3. The van der Waals surface area contributed by atoms with Gasteiger partial charge in [0.05, 0.1) is 13.1 Å². The molecule has 0 rings (SSSR count). The van der Waals surface area contributed by atoms with Crippen LogP contribution in [-0.4, -0.2) is 66.4 Å². The number of ether oxygens (including phenoxy) is 1. The zero-order chi connectivity index (χ0) is 16.3. The lowest BCUT2D eigenvalue weighted by Gasteiger charge is -2.15. The summed E-state index contributed by atoms with van der Waals surface area (Å²) in [5.41, 5.74) is 0. The molecule has 0 unspecified atom stereocenters. The Bertz CT molecular complexity index is 379. The van der Waals surface area contributed by atoms with Gasteiger partial charge in [0.15, 0.2) is 0 Å². The maximum atomic E-state index is 9.98. The van der Waals surface area contributed by atoms with Gasteiger partial charge in [-0.1, -0.05) is 0 Å². The molecular weight excluding hydrogens is 342 g/mol. The molecule has 22 heavy (non-hydrogen) atoms. The van der Waals surface area contributed by atoms with Crippen LogP contribution in [0.4, 0.5) is 0 Å². The van der Waals surface area contributed by atoms with E-state index in [1.807, 2.05) is 0 Å². The van der Waals surface area contributed by atoms with Gasteiger partial charge in [-0.15, -0.1) is 0 Å². The minimum absolute atomic E-state index is 0.441. The number of nitrogens with zero attached hydrogens (tertiary/aromatic N) is 3. The van der Waals surface area contributed by atoms with E-state index in [4.69, 9.17) is 5.26 Å². The van der Waals surface area contributed by atoms with Crippen LogP contribution in [0.15, 0.2) is 9.98 Å². The second-order valence-electron chi connectivity index (χ2n) is 3.98. The number of carbonyl (C=O) groups excluding carboxylic acids is 2. The highest BCUT2D eigenvalue weighted by atomic mass is 32.2. The Hall–Kier alpha value is -0.900. The first-order chi connectivity index (χ1) is 10.8. The fraction of sp³-hybridized carbons (Fsp3) is 0.769. The number of hydrogen-bond acceptors (Lipinski definition) is 9. The standard InChI is InChI=1S/C13H19N3O3S3/c14-10-19-3-6-22-9-13(7-20-4-1-15-11-17)8-21-5-2-16-12-18/h13H,1-9H2. The van der Waals surface area contributed by atoms with Gasteiger partial charge in [0.25, 0.3) is 6.26 Å². The number of nitriles is 1. The van der Waals surface area contributed by atoms with Crippen LogP contribution in [0.1, 0.15) is 0 Å². The molecule has 0 amide bonds. The predicted molar refractivity (Wildman–Crippen MR) is 93.0 cm³/mol. The van der Waals surface area contributed by atoms with Crippen LogP contribution in [0, 0.1) is 17.4 Å². The quantitative estimate of drug-likeness (QED) is 0.190. The lowest BCUT2D eigenvalue weighted by Crippen LogP contribution is -2.13. The van der Waals surface area contributed by atoms with Crippen molar-refractivity contribution in [2.75, 3.05) is 54.2 Å². The summed E-state index contributed by atoms with van der Waals surface area (Å²) in [6.45, 7) is 1.45. The van der Waals surface area contributed by atoms with Gasteiger partial charge in [0, 0.05) is 17.3 Å². The Balaban J connectivity index is 3.88. The van der Waals surface area contributed by atoms with Crippen LogP contribution in [0.25, 0.3) is 0 Å². The van der Waals surface area contributed by atoms with E-state index < -0.39 is 0 Å². The molecule has 6 nitrogen and oxygen atoms in total. The number of hydrogen-bond donors (Lipinski definition) is 0. The van der Waals surface area contributed by atoms with E-state index in [0.29, 0.717) is 25.6 Å². The van der Waals surface area contributed by atoms with E-state index in [2.05, 4.69) is 14.7 Å². The van der Waals surface area contributed by atoms with Crippen LogP contribution < -0.4 is 0 Å². The van der Waals surface area contributed by atoms with Gasteiger partial charge in [0.1, 0.15) is 6.61 Å². The van der Waals surface area contributed by atoms with Crippen LogP contribution in [0.5, 0.6) is 0 Å². The summed E-state index contributed by atoms with van der Waals surface area (Å²) >= 11 is 5.30. The van der Waals surface area contributed by atoms with E-state index in [1.165, 1.54) is 12.2 Å². The van der Waals surface area contributed by atoms with Gasteiger partial charge in [-0.05, 0) is 23.2 Å². The molecule has 0 bridgehead atoms. The SMILES string of the molecule is N#COCCSCC(CSCCN=C=O)CSCCN=C=O. The van der Waals surface area contributed by atoms with Gasteiger partial charge >= 0.3 is 0 Å². The van der Waals surface area contributed by atoms with Crippen molar-refractivity contribution in [1.29, 1.82) is 5.26 Å². The zero-order valence-corrected chi connectivity index (χ0v) is 14.7. The molecule has 0 aliphatic rings. The summed E-state index contributed by atoms with van der Waals surface area (Å²) in [6.07, 6.45) is 4.73. The predicted octanol–water partition coefficient (Wildman–Crippen LogP) is 1.97. The molecule has 0 aromatic carbocycles. The second-order valence-corrected chi connectivity index (χ2v) is 7.43. The average Bonchev–Trinajstić information content (AvgIpc) is 2.53. The molecule has 0 saturated carbocycles. The molecule has 0 aliphatic heterocycles. The number of aliphatic imine (C=N–C) groups is 2. The molecule has 0 aromatic heterocycles. The van der Waals surface area contributed by atoms with Crippen LogP contribution in [-0.2, 0) is 14.3 Å². The van der Waals surface area contributed by atoms with E-state index in [-0.39, 0.29) is 0 Å². The van der Waals surface area contributed by atoms with E-state index in [1.54, 1.807) is 41.5 Å². The van der Waals surface area contributed by atoms with Crippen molar-refractivity contribution < 1.29 is 14.3 Å². The summed E-state index contributed by atoms with van der Waals surface area (Å²) in [6, 6.07) is 0. The normalized spacial score (nSPS) is 10.9. The summed E-state index contributed by atoms with van der Waals surface area (Å²) < 4.78 is 4.64. The minimum atomic E-state index is 0.441. The fourth-order valence-electron chi connectivity index (χ4n) is 1.35. The van der Waals surface area contributed by atoms with Crippen LogP contribution in [0.2, 0.25) is 0 Å². The summed E-state index contributed by atoms with van der Waals surface area (Å²) in [7, 11) is 0. The van der Waals surface area contributed by atoms with Crippen molar-refractivity contribution in [3.8, 4) is 6.26 Å². The first-order valence-corrected chi connectivity index (χ1v) is 10.1. The summed E-state index contributed by atoms with van der Waals surface area (Å²) in [5.74, 6) is 5.91. The van der Waals surface area contributed by atoms with Crippen LogP contribution >= 0.6 is 35.3 Å². The zero-order valence-electron chi connectivity index (χ0n) is 12.2. The maximum absolute atomic E-state index is 9.98. The topological polar surface area (TPSA) is 91.9 Å². The lowest BCUT2D eigenvalue weighted by molar-refractivity contribution is 0.294. The number of isocyanates is 2. The van der Waals surface area contributed by atoms with Crippen molar-refractivity contribution in [3.05, 3.63) is 0 Å².